The molecule has 0 bridgehead atoms. The first-order chi connectivity index (χ1) is 19.6. The number of aliphatic imine (C=N–C) groups is 1. The van der Waals surface area contributed by atoms with Crippen LogP contribution in [0.25, 0.3) is 11.2 Å². The number of fused-ring (bicyclic) bond motifs is 1. The molecular formula is C30H31F3N6O2. The van der Waals surface area contributed by atoms with Crippen LogP contribution in [0, 0.1) is 18.8 Å². The standard InChI is InChI=1S/C30H31F3N6O2/c1-18-13-21(14-18)28(40)37-9-11-38(12-10-37)29(41)22-4-3-20(15-19(22)2)16-24-27-36-17-25(39(27)8-7-34-24)23-5-6-35-26(23)30(31,32)33/h3-5,7-8,15,17-18,21H,6,9-14,16H2,1-2H3/t18-,21-. The molecule has 11 heteroatoms. The number of nitrogens with zero attached hydrogens (tertiary/aromatic N) is 6. The fourth-order valence-corrected chi connectivity index (χ4v) is 6.11. The normalized spacial score (nSPS) is 21.1. The van der Waals surface area contributed by atoms with E-state index in [0.29, 0.717) is 61.1 Å². The number of alkyl halides is 3. The minimum Gasteiger partial charge on any atom is -0.339 e. The lowest BCUT2D eigenvalue weighted by molar-refractivity contribution is -0.141. The number of aryl methyl sites for hydroxylation is 1. The van der Waals surface area contributed by atoms with E-state index < -0.39 is 11.9 Å². The van der Waals surface area contributed by atoms with Crippen LogP contribution in [-0.2, 0) is 11.2 Å². The number of rotatable bonds is 5. The van der Waals surface area contributed by atoms with Crippen LogP contribution in [-0.4, -0.2) is 80.6 Å². The first kappa shape index (κ1) is 27.2. The molecule has 3 aromatic rings. The molecule has 0 N–H and O–H groups in total. The molecule has 41 heavy (non-hydrogen) atoms. The number of aromatic nitrogens is 3. The van der Waals surface area contributed by atoms with Crippen molar-refractivity contribution >= 4 is 28.7 Å². The van der Waals surface area contributed by atoms with Crippen LogP contribution in [0.5, 0.6) is 0 Å². The van der Waals surface area contributed by atoms with Gasteiger partial charge in [-0.2, -0.15) is 13.2 Å². The number of benzene rings is 1. The summed E-state index contributed by atoms with van der Waals surface area (Å²) in [7, 11) is 0. The van der Waals surface area contributed by atoms with Gasteiger partial charge in [0.15, 0.2) is 5.65 Å². The number of imidazole rings is 1. The minimum absolute atomic E-state index is 0.0173. The Hall–Kier alpha value is -4.02. The fourth-order valence-electron chi connectivity index (χ4n) is 6.11. The third kappa shape index (κ3) is 5.13. The van der Waals surface area contributed by atoms with Gasteiger partial charge in [0, 0.05) is 62.0 Å². The maximum atomic E-state index is 13.5. The van der Waals surface area contributed by atoms with E-state index in [1.807, 2.05) is 30.0 Å². The van der Waals surface area contributed by atoms with Crippen molar-refractivity contribution in [2.45, 2.75) is 39.3 Å². The first-order valence-corrected chi connectivity index (χ1v) is 13.9. The lowest BCUT2D eigenvalue weighted by Gasteiger charge is -2.40. The van der Waals surface area contributed by atoms with E-state index in [0.717, 1.165) is 24.0 Å². The Morgan fingerprint density at radius 3 is 2.46 bits per heavy atom. The Kier molecular flexibility index (Phi) is 6.91. The Labute approximate surface area is 235 Å². The van der Waals surface area contributed by atoms with Gasteiger partial charge in [-0.1, -0.05) is 25.1 Å². The van der Waals surface area contributed by atoms with Crippen LogP contribution >= 0.6 is 0 Å². The van der Waals surface area contributed by atoms with Crippen LogP contribution in [0.4, 0.5) is 13.2 Å². The van der Waals surface area contributed by atoms with Gasteiger partial charge in [-0.25, -0.2) is 4.98 Å². The van der Waals surface area contributed by atoms with Gasteiger partial charge in [-0.3, -0.25) is 24.0 Å². The molecule has 1 saturated carbocycles. The summed E-state index contributed by atoms with van der Waals surface area (Å²) < 4.78 is 42.0. The number of halogens is 3. The fraction of sp³-hybridized carbons (Fsp3) is 0.433. The molecule has 2 amide bonds. The third-order valence-electron chi connectivity index (χ3n) is 8.34. The van der Waals surface area contributed by atoms with Crippen LogP contribution in [0.1, 0.15) is 52.6 Å². The predicted octanol–water partition coefficient (Wildman–Crippen LogP) is 4.36. The lowest BCUT2D eigenvalue weighted by Crippen LogP contribution is -2.53. The zero-order valence-electron chi connectivity index (χ0n) is 23.0. The number of amides is 2. The highest BCUT2D eigenvalue weighted by atomic mass is 19.4. The van der Waals surface area contributed by atoms with Crippen molar-refractivity contribution in [3.05, 3.63) is 70.9 Å². The molecule has 1 aromatic carbocycles. The number of carbonyl (C=O) groups excluding carboxylic acids is 2. The maximum Gasteiger partial charge on any atom is 0.433 e. The van der Waals surface area contributed by atoms with Crippen molar-refractivity contribution in [3.63, 3.8) is 0 Å². The van der Waals surface area contributed by atoms with Crippen LogP contribution in [0.3, 0.4) is 0 Å². The second-order valence-corrected chi connectivity index (χ2v) is 11.2. The maximum absolute atomic E-state index is 13.5. The highest BCUT2D eigenvalue weighted by molar-refractivity contribution is 6.27. The average molecular weight is 565 g/mol. The summed E-state index contributed by atoms with van der Waals surface area (Å²) in [5.41, 5.74) is 2.88. The number of carbonyl (C=O) groups is 2. The van der Waals surface area contributed by atoms with Gasteiger partial charge in [0.05, 0.1) is 24.1 Å². The molecule has 0 atom stereocenters. The lowest BCUT2D eigenvalue weighted by atomic mass is 9.75. The number of allylic oxidation sites excluding steroid dienone is 1. The molecule has 214 valence electrons. The molecule has 2 aromatic heterocycles. The zero-order valence-corrected chi connectivity index (χ0v) is 23.0. The summed E-state index contributed by atoms with van der Waals surface area (Å²) in [4.78, 5) is 42.2. The molecule has 1 aliphatic carbocycles. The summed E-state index contributed by atoms with van der Waals surface area (Å²) in [6.07, 6.45) is 3.80. The highest BCUT2D eigenvalue weighted by Gasteiger charge is 2.40. The molecular weight excluding hydrogens is 533 g/mol. The topological polar surface area (TPSA) is 83.2 Å². The minimum atomic E-state index is -4.54. The summed E-state index contributed by atoms with van der Waals surface area (Å²) in [5.74, 6) is 0.929. The van der Waals surface area contributed by atoms with Gasteiger partial charge in [-0.05, 0) is 42.9 Å². The highest BCUT2D eigenvalue weighted by Crippen LogP contribution is 2.35. The summed E-state index contributed by atoms with van der Waals surface area (Å²) in [6.45, 7) is 6.18. The SMILES string of the molecule is Cc1cc(Cc2nccn3c(C4=CCN=C4C(F)(F)F)cnc23)ccc1C(=O)N1CCN(C(=O)[C@H]2C[C@H](C)C2)CC1. The molecule has 2 fully saturated rings. The summed E-state index contributed by atoms with van der Waals surface area (Å²) in [5, 5.41) is 0. The smallest absolute Gasteiger partial charge is 0.339 e. The van der Waals surface area contributed by atoms with Crippen molar-refractivity contribution in [1.82, 2.24) is 24.2 Å². The molecule has 3 aliphatic rings. The number of piperazine rings is 1. The Balaban J connectivity index is 1.14. The molecule has 2 aliphatic heterocycles. The van der Waals surface area contributed by atoms with Crippen LogP contribution in [0.2, 0.25) is 0 Å². The van der Waals surface area contributed by atoms with E-state index in [2.05, 4.69) is 21.9 Å². The van der Waals surface area contributed by atoms with Gasteiger partial charge >= 0.3 is 6.18 Å². The molecule has 1 saturated heterocycles. The van der Waals surface area contributed by atoms with Crippen molar-refractivity contribution < 1.29 is 22.8 Å². The van der Waals surface area contributed by atoms with Gasteiger partial charge in [0.25, 0.3) is 5.91 Å². The predicted molar refractivity (Wildman–Crippen MR) is 148 cm³/mol. The van der Waals surface area contributed by atoms with E-state index in [1.54, 1.807) is 21.7 Å². The number of hydrogen-bond acceptors (Lipinski definition) is 5. The van der Waals surface area contributed by atoms with E-state index in [9.17, 15) is 22.8 Å². The van der Waals surface area contributed by atoms with Gasteiger partial charge in [0.1, 0.15) is 5.71 Å². The molecule has 0 spiro atoms. The van der Waals surface area contributed by atoms with E-state index >= 15 is 0 Å². The summed E-state index contributed by atoms with van der Waals surface area (Å²) in [6, 6.07) is 5.63. The van der Waals surface area contributed by atoms with Crippen molar-refractivity contribution in [1.29, 1.82) is 0 Å². The zero-order chi connectivity index (χ0) is 28.9. The largest absolute Gasteiger partial charge is 0.433 e. The Morgan fingerprint density at radius 1 is 1.05 bits per heavy atom. The van der Waals surface area contributed by atoms with Gasteiger partial charge in [-0.15, -0.1) is 0 Å². The molecule has 6 rings (SSSR count). The third-order valence-corrected chi connectivity index (χ3v) is 8.34. The second-order valence-electron chi connectivity index (χ2n) is 11.2. The van der Waals surface area contributed by atoms with Crippen molar-refractivity contribution in [2.24, 2.45) is 16.8 Å². The molecule has 0 unspecified atom stereocenters. The van der Waals surface area contributed by atoms with Gasteiger partial charge < -0.3 is 9.80 Å². The van der Waals surface area contributed by atoms with Crippen LogP contribution < -0.4 is 0 Å². The van der Waals surface area contributed by atoms with E-state index in [1.165, 1.54) is 12.3 Å². The summed E-state index contributed by atoms with van der Waals surface area (Å²) >= 11 is 0. The molecule has 0 radical (unpaired) electrons. The molecule has 8 nitrogen and oxygen atoms in total. The van der Waals surface area contributed by atoms with E-state index in [-0.39, 0.29) is 29.9 Å². The van der Waals surface area contributed by atoms with Gasteiger partial charge in [0.2, 0.25) is 5.91 Å². The monoisotopic (exact) mass is 564 g/mol. The second kappa shape index (κ2) is 10.4. The number of hydrogen-bond donors (Lipinski definition) is 0. The quantitative estimate of drug-likeness (QED) is 0.461. The van der Waals surface area contributed by atoms with Crippen LogP contribution in [0.15, 0.2) is 47.9 Å². The van der Waals surface area contributed by atoms with Crippen molar-refractivity contribution in [2.75, 3.05) is 32.7 Å². The Morgan fingerprint density at radius 2 is 1.78 bits per heavy atom. The average Bonchev–Trinajstić information content (AvgIpc) is 3.59. The molecule has 4 heterocycles. The Bertz CT molecular complexity index is 1580. The van der Waals surface area contributed by atoms with E-state index in [4.69, 9.17) is 0 Å². The van der Waals surface area contributed by atoms with Crippen molar-refractivity contribution in [3.8, 4) is 0 Å². The first-order valence-electron chi connectivity index (χ1n) is 13.9.